The van der Waals surface area contributed by atoms with Crippen molar-refractivity contribution in [2.24, 2.45) is 0 Å². The predicted octanol–water partition coefficient (Wildman–Crippen LogP) is 1.75. The summed E-state index contributed by atoms with van der Waals surface area (Å²) in [5, 5.41) is 20.0. The Hall–Kier alpha value is -3.19. The molecule has 0 fully saturated rings. The van der Waals surface area contributed by atoms with Gasteiger partial charge in [0.15, 0.2) is 0 Å². The third-order valence-corrected chi connectivity index (χ3v) is 3.84. The van der Waals surface area contributed by atoms with Gasteiger partial charge in [-0.05, 0) is 23.1 Å². The summed E-state index contributed by atoms with van der Waals surface area (Å²) in [5.74, 6) is -2.39. The molecule has 0 heterocycles. The Bertz CT molecular complexity index is 759. The number of carbonyl (C=O) groups excluding carboxylic acids is 2. The van der Waals surface area contributed by atoms with E-state index < -0.39 is 23.8 Å². The zero-order chi connectivity index (χ0) is 18.9. The van der Waals surface area contributed by atoms with Gasteiger partial charge in [0.1, 0.15) is 6.04 Å². The molecule has 7 heteroatoms. The zero-order valence-corrected chi connectivity index (χ0v) is 14.0. The third-order valence-electron chi connectivity index (χ3n) is 3.84. The fraction of sp³-hybridized carbons (Fsp3) is 0.211. The third kappa shape index (κ3) is 5.71. The van der Waals surface area contributed by atoms with Crippen LogP contribution >= 0.6 is 0 Å². The quantitative estimate of drug-likeness (QED) is 0.425. The monoisotopic (exact) mass is 356 g/mol. The van der Waals surface area contributed by atoms with E-state index in [1.54, 1.807) is 0 Å². The van der Waals surface area contributed by atoms with Gasteiger partial charge in [-0.2, -0.15) is 0 Å². The maximum absolute atomic E-state index is 12.1. The van der Waals surface area contributed by atoms with Crippen molar-refractivity contribution >= 4 is 17.8 Å². The highest BCUT2D eigenvalue weighted by molar-refractivity contribution is 5.85. The molecule has 0 saturated carbocycles. The second-order valence-electron chi connectivity index (χ2n) is 5.77. The van der Waals surface area contributed by atoms with Crippen molar-refractivity contribution in [3.8, 4) is 11.1 Å². The van der Waals surface area contributed by atoms with Crippen LogP contribution < -0.4 is 10.8 Å². The predicted molar refractivity (Wildman–Crippen MR) is 94.3 cm³/mol. The Morgan fingerprint density at radius 2 is 1.50 bits per heavy atom. The van der Waals surface area contributed by atoms with Crippen LogP contribution in [0.25, 0.3) is 11.1 Å². The number of hydrogen-bond donors (Lipinski definition) is 4. The maximum atomic E-state index is 12.1. The van der Waals surface area contributed by atoms with E-state index >= 15 is 0 Å². The fourth-order valence-corrected chi connectivity index (χ4v) is 2.47. The van der Waals surface area contributed by atoms with Gasteiger partial charge >= 0.3 is 5.97 Å². The highest BCUT2D eigenvalue weighted by atomic mass is 16.5. The molecule has 26 heavy (non-hydrogen) atoms. The van der Waals surface area contributed by atoms with E-state index in [4.69, 9.17) is 10.3 Å². The van der Waals surface area contributed by atoms with E-state index in [2.05, 4.69) is 5.32 Å². The molecule has 1 unspecified atom stereocenters. The summed E-state index contributed by atoms with van der Waals surface area (Å²) < 4.78 is 0. The number of rotatable bonds is 8. The van der Waals surface area contributed by atoms with Crippen molar-refractivity contribution in [2.45, 2.75) is 25.3 Å². The number of benzene rings is 2. The number of amides is 2. The number of carboxylic acids is 1. The van der Waals surface area contributed by atoms with Crippen LogP contribution in [0.3, 0.4) is 0 Å². The number of hydroxylamine groups is 1. The molecule has 2 aromatic rings. The Labute approximate surface area is 150 Å². The molecular formula is C19H20N2O5. The number of nitrogens with one attached hydrogen (secondary N) is 2. The minimum Gasteiger partial charge on any atom is -0.480 e. The van der Waals surface area contributed by atoms with E-state index in [1.807, 2.05) is 54.6 Å². The normalized spacial score (nSPS) is 11.4. The van der Waals surface area contributed by atoms with Crippen LogP contribution in [0.1, 0.15) is 18.4 Å². The van der Waals surface area contributed by atoms with E-state index in [1.165, 1.54) is 5.48 Å². The van der Waals surface area contributed by atoms with Crippen molar-refractivity contribution in [2.75, 3.05) is 0 Å². The molecule has 0 aromatic heterocycles. The van der Waals surface area contributed by atoms with Gasteiger partial charge in [0, 0.05) is 6.42 Å². The van der Waals surface area contributed by atoms with Crippen molar-refractivity contribution in [1.82, 2.24) is 10.8 Å². The highest BCUT2D eigenvalue weighted by Gasteiger charge is 2.21. The standard InChI is InChI=1S/C19H20N2O5/c22-17(21-26)11-10-16(19(24)25)20-18(23)12-13-6-8-15(9-7-13)14-4-2-1-3-5-14/h1-9,16,26H,10-12H2,(H,20,23)(H,21,22)(H,24,25). The van der Waals surface area contributed by atoms with Gasteiger partial charge in [0.05, 0.1) is 6.42 Å². The van der Waals surface area contributed by atoms with E-state index in [9.17, 15) is 14.4 Å². The average molecular weight is 356 g/mol. The van der Waals surface area contributed by atoms with Gasteiger partial charge in [-0.1, -0.05) is 54.6 Å². The Morgan fingerprint density at radius 1 is 0.885 bits per heavy atom. The van der Waals surface area contributed by atoms with Gasteiger partial charge in [-0.3, -0.25) is 14.8 Å². The molecule has 1 atom stereocenters. The summed E-state index contributed by atoms with van der Waals surface area (Å²) in [5.41, 5.74) is 4.26. The van der Waals surface area contributed by atoms with Crippen molar-refractivity contribution in [1.29, 1.82) is 0 Å². The number of hydrogen-bond acceptors (Lipinski definition) is 4. The Balaban J connectivity index is 1.93. The first-order valence-electron chi connectivity index (χ1n) is 8.09. The van der Waals surface area contributed by atoms with Crippen LogP contribution in [-0.2, 0) is 20.8 Å². The summed E-state index contributed by atoms with van der Waals surface area (Å²) in [4.78, 5) is 34.3. The molecule has 2 rings (SSSR count). The first kappa shape index (κ1) is 19.1. The summed E-state index contributed by atoms with van der Waals surface area (Å²) in [6.45, 7) is 0. The number of carbonyl (C=O) groups is 3. The molecule has 2 aromatic carbocycles. The Morgan fingerprint density at radius 3 is 2.08 bits per heavy atom. The first-order valence-corrected chi connectivity index (χ1v) is 8.09. The zero-order valence-electron chi connectivity index (χ0n) is 14.0. The summed E-state index contributed by atoms with van der Waals surface area (Å²) in [7, 11) is 0. The van der Waals surface area contributed by atoms with Crippen LogP contribution in [0.5, 0.6) is 0 Å². The highest BCUT2D eigenvalue weighted by Crippen LogP contribution is 2.19. The van der Waals surface area contributed by atoms with Gasteiger partial charge in [-0.25, -0.2) is 10.3 Å². The lowest BCUT2D eigenvalue weighted by molar-refractivity contribution is -0.142. The second kappa shape index (κ2) is 9.33. The van der Waals surface area contributed by atoms with Crippen LogP contribution in [-0.4, -0.2) is 34.1 Å². The van der Waals surface area contributed by atoms with Gasteiger partial charge in [-0.15, -0.1) is 0 Å². The van der Waals surface area contributed by atoms with Crippen LogP contribution in [0, 0.1) is 0 Å². The summed E-state index contributed by atoms with van der Waals surface area (Å²) in [6, 6.07) is 16.0. The molecule has 0 saturated heterocycles. The second-order valence-corrected chi connectivity index (χ2v) is 5.77. The number of aliphatic carboxylic acids is 1. The van der Waals surface area contributed by atoms with Gasteiger partial charge in [0.25, 0.3) is 0 Å². The average Bonchev–Trinajstić information content (AvgIpc) is 2.65. The molecule has 0 spiro atoms. The first-order chi connectivity index (χ1) is 12.5. The van der Waals surface area contributed by atoms with E-state index in [-0.39, 0.29) is 19.3 Å². The van der Waals surface area contributed by atoms with Crippen molar-refractivity contribution < 1.29 is 24.7 Å². The summed E-state index contributed by atoms with van der Waals surface area (Å²) >= 11 is 0. The molecule has 2 amide bonds. The molecule has 0 aliphatic rings. The van der Waals surface area contributed by atoms with Crippen molar-refractivity contribution in [3.05, 3.63) is 60.2 Å². The minimum atomic E-state index is -1.23. The molecule has 0 bridgehead atoms. The molecule has 136 valence electrons. The van der Waals surface area contributed by atoms with Crippen LogP contribution in [0.4, 0.5) is 0 Å². The number of carboxylic acid groups (broad SMARTS) is 1. The largest absolute Gasteiger partial charge is 0.480 e. The molecule has 0 aliphatic heterocycles. The minimum absolute atomic E-state index is 0.0328. The lowest BCUT2D eigenvalue weighted by Gasteiger charge is -2.14. The molecule has 0 radical (unpaired) electrons. The molecule has 7 nitrogen and oxygen atoms in total. The maximum Gasteiger partial charge on any atom is 0.326 e. The summed E-state index contributed by atoms with van der Waals surface area (Å²) in [6.07, 6.45) is -0.287. The molecule has 0 aliphatic carbocycles. The van der Waals surface area contributed by atoms with Crippen molar-refractivity contribution in [3.63, 3.8) is 0 Å². The smallest absolute Gasteiger partial charge is 0.326 e. The SMILES string of the molecule is O=C(CCC(NC(=O)Cc1ccc(-c2ccccc2)cc1)C(=O)O)NO. The van der Waals surface area contributed by atoms with Crippen LogP contribution in [0.2, 0.25) is 0 Å². The lowest BCUT2D eigenvalue weighted by atomic mass is 10.0. The topological polar surface area (TPSA) is 116 Å². The lowest BCUT2D eigenvalue weighted by Crippen LogP contribution is -2.42. The van der Waals surface area contributed by atoms with Crippen LogP contribution in [0.15, 0.2) is 54.6 Å². The Kier molecular flexibility index (Phi) is 6.87. The van der Waals surface area contributed by atoms with Gasteiger partial charge < -0.3 is 10.4 Å². The van der Waals surface area contributed by atoms with E-state index in [0.29, 0.717) is 0 Å². The van der Waals surface area contributed by atoms with E-state index in [0.717, 1.165) is 16.7 Å². The van der Waals surface area contributed by atoms with Gasteiger partial charge in [0.2, 0.25) is 11.8 Å². The fourth-order valence-electron chi connectivity index (χ4n) is 2.47. The molecular weight excluding hydrogens is 336 g/mol. The molecule has 4 N–H and O–H groups in total.